The molecule has 0 aliphatic heterocycles. The molecule has 0 aliphatic rings. The Bertz CT molecular complexity index is 483. The number of H-pyrrole nitrogens is 1. The minimum absolute atomic E-state index is 0.0104. The van der Waals surface area contributed by atoms with Gasteiger partial charge < -0.3 is 5.73 Å². The highest BCUT2D eigenvalue weighted by atomic mass is 19.3. The van der Waals surface area contributed by atoms with E-state index in [1.54, 1.807) is 18.2 Å². The summed E-state index contributed by atoms with van der Waals surface area (Å²) in [5.74, 6) is -2.44. The third-order valence-corrected chi connectivity index (χ3v) is 2.30. The average Bonchev–Trinajstić information content (AvgIpc) is 2.64. The van der Waals surface area contributed by atoms with Gasteiger partial charge in [-0.3, -0.25) is 5.10 Å². The molecule has 0 spiro atoms. The van der Waals surface area contributed by atoms with Crippen molar-refractivity contribution >= 4 is 5.82 Å². The topological polar surface area (TPSA) is 54.7 Å². The highest BCUT2D eigenvalue weighted by Crippen LogP contribution is 2.28. The lowest BCUT2D eigenvalue weighted by molar-refractivity contribution is 0.0175. The largest absolute Gasteiger partial charge is 0.382 e. The van der Waals surface area contributed by atoms with Crippen LogP contribution in [0.3, 0.4) is 0 Å². The number of nitrogen functional groups attached to an aromatic ring is 1. The molecule has 0 unspecified atom stereocenters. The van der Waals surface area contributed by atoms with E-state index in [0.29, 0.717) is 11.5 Å². The molecule has 84 valence electrons. The standard InChI is InChI=1S/C11H11F2N3/c1-11(12,13)8-4-2-7(3-5-8)9-6-10(14)16-15-9/h2-6H,1H3,(H3,14,15,16). The number of hydrogen-bond acceptors (Lipinski definition) is 2. The maximum atomic E-state index is 13.0. The van der Waals surface area contributed by atoms with Crippen LogP contribution in [0.5, 0.6) is 0 Å². The first-order valence-corrected chi connectivity index (χ1v) is 4.76. The molecule has 1 aromatic carbocycles. The van der Waals surface area contributed by atoms with E-state index >= 15 is 0 Å². The Kier molecular flexibility index (Phi) is 2.38. The van der Waals surface area contributed by atoms with E-state index < -0.39 is 5.92 Å². The molecule has 16 heavy (non-hydrogen) atoms. The van der Waals surface area contributed by atoms with Gasteiger partial charge in [-0.2, -0.15) is 5.10 Å². The first kappa shape index (κ1) is 10.6. The zero-order valence-electron chi connectivity index (χ0n) is 8.67. The molecule has 0 atom stereocenters. The Morgan fingerprint density at radius 1 is 1.25 bits per heavy atom. The second-order valence-electron chi connectivity index (χ2n) is 3.67. The summed E-state index contributed by atoms with van der Waals surface area (Å²) in [5, 5.41) is 6.49. The van der Waals surface area contributed by atoms with Crippen LogP contribution in [0.1, 0.15) is 12.5 Å². The molecule has 0 aliphatic carbocycles. The maximum absolute atomic E-state index is 13.0. The van der Waals surface area contributed by atoms with Crippen molar-refractivity contribution in [2.24, 2.45) is 0 Å². The number of rotatable bonds is 2. The zero-order valence-corrected chi connectivity index (χ0v) is 8.67. The Balaban J connectivity index is 2.33. The van der Waals surface area contributed by atoms with Crippen LogP contribution in [0.25, 0.3) is 11.3 Å². The van der Waals surface area contributed by atoms with Gasteiger partial charge in [0.2, 0.25) is 0 Å². The molecule has 0 radical (unpaired) electrons. The molecule has 0 fully saturated rings. The minimum Gasteiger partial charge on any atom is -0.382 e. The minimum atomic E-state index is -2.81. The molecule has 5 heteroatoms. The smallest absolute Gasteiger partial charge is 0.270 e. The van der Waals surface area contributed by atoms with Crippen LogP contribution < -0.4 is 5.73 Å². The molecule has 2 aromatic rings. The molecule has 1 aromatic heterocycles. The zero-order chi connectivity index (χ0) is 11.8. The number of aromatic amines is 1. The van der Waals surface area contributed by atoms with Crippen molar-refractivity contribution in [2.75, 3.05) is 5.73 Å². The van der Waals surface area contributed by atoms with Gasteiger partial charge in [-0.25, -0.2) is 8.78 Å². The Morgan fingerprint density at radius 2 is 1.88 bits per heavy atom. The van der Waals surface area contributed by atoms with Gasteiger partial charge in [-0.1, -0.05) is 24.3 Å². The number of nitrogens with zero attached hydrogens (tertiary/aromatic N) is 1. The fourth-order valence-electron chi connectivity index (χ4n) is 1.43. The van der Waals surface area contributed by atoms with Crippen molar-refractivity contribution in [3.05, 3.63) is 35.9 Å². The van der Waals surface area contributed by atoms with Gasteiger partial charge in [0.1, 0.15) is 5.82 Å². The summed E-state index contributed by atoms with van der Waals surface area (Å²) in [6, 6.07) is 7.66. The summed E-state index contributed by atoms with van der Waals surface area (Å²) < 4.78 is 25.9. The van der Waals surface area contributed by atoms with Gasteiger partial charge in [-0.05, 0) is 5.56 Å². The number of anilines is 1. The number of hydrogen-bond donors (Lipinski definition) is 2. The number of aromatic nitrogens is 2. The third-order valence-electron chi connectivity index (χ3n) is 2.30. The Morgan fingerprint density at radius 3 is 2.31 bits per heavy atom. The first-order chi connectivity index (χ1) is 7.47. The molecule has 3 N–H and O–H groups in total. The predicted molar refractivity (Wildman–Crippen MR) is 58.0 cm³/mol. The summed E-state index contributed by atoms with van der Waals surface area (Å²) in [5.41, 5.74) is 6.93. The third kappa shape index (κ3) is 2.03. The molecular weight excluding hydrogens is 212 g/mol. The van der Waals surface area contributed by atoms with Gasteiger partial charge in [0.15, 0.2) is 0 Å². The van der Waals surface area contributed by atoms with Gasteiger partial charge in [0.05, 0.1) is 5.69 Å². The summed E-state index contributed by atoms with van der Waals surface area (Å²) >= 11 is 0. The van der Waals surface area contributed by atoms with Crippen LogP contribution in [0, 0.1) is 0 Å². The highest BCUT2D eigenvalue weighted by molar-refractivity contribution is 5.62. The predicted octanol–water partition coefficient (Wildman–Crippen LogP) is 2.77. The van der Waals surface area contributed by atoms with E-state index in [1.807, 2.05) is 0 Å². The van der Waals surface area contributed by atoms with Crippen LogP contribution in [0.4, 0.5) is 14.6 Å². The van der Waals surface area contributed by atoms with Crippen LogP contribution in [-0.2, 0) is 5.92 Å². The molecule has 0 bridgehead atoms. The monoisotopic (exact) mass is 223 g/mol. The number of nitrogens with one attached hydrogen (secondary N) is 1. The first-order valence-electron chi connectivity index (χ1n) is 4.76. The van der Waals surface area contributed by atoms with Gasteiger partial charge in [0.25, 0.3) is 5.92 Å². The SMILES string of the molecule is CC(F)(F)c1ccc(-c2cc(N)n[nH]2)cc1. The highest BCUT2D eigenvalue weighted by Gasteiger charge is 2.23. The molecule has 2 rings (SSSR count). The molecule has 1 heterocycles. The average molecular weight is 223 g/mol. The Hall–Kier alpha value is -1.91. The van der Waals surface area contributed by atoms with Crippen LogP contribution in [0.2, 0.25) is 0 Å². The lowest BCUT2D eigenvalue weighted by Crippen LogP contribution is -2.06. The quantitative estimate of drug-likeness (QED) is 0.822. The van der Waals surface area contributed by atoms with E-state index in [9.17, 15) is 8.78 Å². The fraction of sp³-hybridized carbons (Fsp3) is 0.182. The lowest BCUT2D eigenvalue weighted by Gasteiger charge is -2.10. The van der Waals surface area contributed by atoms with Gasteiger partial charge in [-0.15, -0.1) is 0 Å². The lowest BCUT2D eigenvalue weighted by atomic mass is 10.1. The normalized spacial score (nSPS) is 11.7. The van der Waals surface area contributed by atoms with Crippen molar-refractivity contribution in [2.45, 2.75) is 12.8 Å². The van der Waals surface area contributed by atoms with Gasteiger partial charge >= 0.3 is 0 Å². The van der Waals surface area contributed by atoms with E-state index in [2.05, 4.69) is 10.2 Å². The number of alkyl halides is 2. The van der Waals surface area contributed by atoms with Gasteiger partial charge in [0, 0.05) is 18.6 Å². The van der Waals surface area contributed by atoms with Crippen molar-refractivity contribution < 1.29 is 8.78 Å². The van der Waals surface area contributed by atoms with E-state index in [-0.39, 0.29) is 5.56 Å². The second-order valence-corrected chi connectivity index (χ2v) is 3.67. The number of halogens is 2. The van der Waals surface area contributed by atoms with Crippen molar-refractivity contribution in [3.8, 4) is 11.3 Å². The Labute approximate surface area is 91.3 Å². The molecular formula is C11H11F2N3. The summed E-state index contributed by atoms with van der Waals surface area (Å²) in [4.78, 5) is 0. The molecule has 0 amide bonds. The second kappa shape index (κ2) is 3.59. The van der Waals surface area contributed by atoms with Crippen molar-refractivity contribution in [1.29, 1.82) is 0 Å². The van der Waals surface area contributed by atoms with E-state index in [0.717, 1.165) is 12.5 Å². The van der Waals surface area contributed by atoms with Crippen LogP contribution in [-0.4, -0.2) is 10.2 Å². The number of nitrogens with two attached hydrogens (primary N) is 1. The van der Waals surface area contributed by atoms with Crippen LogP contribution in [0.15, 0.2) is 30.3 Å². The van der Waals surface area contributed by atoms with Crippen molar-refractivity contribution in [1.82, 2.24) is 10.2 Å². The van der Waals surface area contributed by atoms with Crippen molar-refractivity contribution in [3.63, 3.8) is 0 Å². The van der Waals surface area contributed by atoms with E-state index in [1.165, 1.54) is 12.1 Å². The molecule has 3 nitrogen and oxygen atoms in total. The molecule has 0 saturated carbocycles. The number of benzene rings is 1. The summed E-state index contributed by atoms with van der Waals surface area (Å²) in [6.45, 7) is 0.871. The van der Waals surface area contributed by atoms with Crippen LogP contribution >= 0.6 is 0 Å². The summed E-state index contributed by atoms with van der Waals surface area (Å²) in [7, 11) is 0. The fourth-order valence-corrected chi connectivity index (χ4v) is 1.43. The molecule has 0 saturated heterocycles. The summed E-state index contributed by atoms with van der Waals surface area (Å²) in [6.07, 6.45) is 0. The maximum Gasteiger partial charge on any atom is 0.270 e. The van der Waals surface area contributed by atoms with E-state index in [4.69, 9.17) is 5.73 Å².